The Morgan fingerprint density at radius 1 is 1.42 bits per heavy atom. The fraction of sp³-hybridized carbons (Fsp3) is 0.529. The van der Waals surface area contributed by atoms with Crippen molar-refractivity contribution in [3.8, 4) is 0 Å². The van der Waals surface area contributed by atoms with Crippen molar-refractivity contribution in [3.63, 3.8) is 0 Å². The monoisotopic (exact) mass is 382 g/mol. The average molecular weight is 383 g/mol. The van der Waals surface area contributed by atoms with E-state index in [-0.39, 0.29) is 17.0 Å². The van der Waals surface area contributed by atoms with Crippen molar-refractivity contribution in [3.05, 3.63) is 28.2 Å². The topological polar surface area (TPSA) is 42.4 Å². The molecular formula is C17H23ClN2O2SSi. The van der Waals surface area contributed by atoms with Crippen LogP contribution in [0.4, 0.5) is 0 Å². The summed E-state index contributed by atoms with van der Waals surface area (Å²) in [7, 11) is -1.78. The molecule has 0 spiro atoms. The van der Waals surface area contributed by atoms with E-state index >= 15 is 0 Å². The molecule has 2 aromatic heterocycles. The second-order valence-corrected chi connectivity index (χ2v) is 14.0. The Bertz CT molecular complexity index is 778. The van der Waals surface area contributed by atoms with Crippen LogP contribution in [0.25, 0.3) is 10.2 Å². The van der Waals surface area contributed by atoms with E-state index in [1.165, 1.54) is 11.3 Å². The molecule has 0 aromatic carbocycles. The lowest BCUT2D eigenvalue weighted by molar-refractivity contribution is 0.0122. The van der Waals surface area contributed by atoms with Crippen molar-refractivity contribution in [2.75, 3.05) is 13.1 Å². The lowest BCUT2D eigenvalue weighted by Gasteiger charge is -2.46. The number of hydrogen-bond acceptors (Lipinski definition) is 4. The minimum Gasteiger partial charge on any atom is -0.410 e. The van der Waals surface area contributed by atoms with E-state index in [9.17, 15) is 4.79 Å². The maximum Gasteiger partial charge on any atom is 0.264 e. The van der Waals surface area contributed by atoms with Crippen molar-refractivity contribution in [1.29, 1.82) is 0 Å². The molecule has 2 aromatic rings. The summed E-state index contributed by atoms with van der Waals surface area (Å²) in [5, 5.41) is 0.831. The van der Waals surface area contributed by atoms with Gasteiger partial charge in [0.15, 0.2) is 8.32 Å². The molecule has 0 N–H and O–H groups in total. The molecule has 0 unspecified atom stereocenters. The van der Waals surface area contributed by atoms with Gasteiger partial charge in [-0.25, -0.2) is 0 Å². The molecule has 0 aliphatic carbocycles. The predicted octanol–water partition coefficient (Wildman–Crippen LogP) is 4.80. The Labute approximate surface area is 152 Å². The maximum atomic E-state index is 12.6. The molecule has 1 aliphatic rings. The van der Waals surface area contributed by atoms with E-state index in [0.29, 0.717) is 23.0 Å². The van der Waals surface area contributed by atoms with Crippen molar-refractivity contribution >= 4 is 47.4 Å². The van der Waals surface area contributed by atoms with Gasteiger partial charge in [0.05, 0.1) is 26.2 Å². The first kappa shape index (κ1) is 17.9. The first-order valence-electron chi connectivity index (χ1n) is 8.09. The zero-order valence-corrected chi connectivity index (χ0v) is 17.3. The van der Waals surface area contributed by atoms with E-state index in [1.807, 2.05) is 11.0 Å². The maximum absolute atomic E-state index is 12.6. The molecule has 4 nitrogen and oxygen atoms in total. The van der Waals surface area contributed by atoms with E-state index in [1.54, 1.807) is 12.3 Å². The van der Waals surface area contributed by atoms with Gasteiger partial charge in [-0.15, -0.1) is 11.3 Å². The second-order valence-electron chi connectivity index (χ2n) is 7.83. The molecule has 1 saturated heterocycles. The summed E-state index contributed by atoms with van der Waals surface area (Å²) in [6, 6.07) is 3.58. The summed E-state index contributed by atoms with van der Waals surface area (Å²) in [5.41, 5.74) is 0.783. The van der Waals surface area contributed by atoms with Crippen molar-refractivity contribution < 1.29 is 9.22 Å². The van der Waals surface area contributed by atoms with Crippen LogP contribution in [-0.4, -0.2) is 43.3 Å². The van der Waals surface area contributed by atoms with Gasteiger partial charge in [0.2, 0.25) is 0 Å². The summed E-state index contributed by atoms with van der Waals surface area (Å²) in [6.07, 6.45) is 1.82. The molecule has 0 radical (unpaired) electrons. The van der Waals surface area contributed by atoms with Crippen LogP contribution in [0, 0.1) is 0 Å². The Hall–Kier alpha value is -0.953. The van der Waals surface area contributed by atoms with Gasteiger partial charge in [-0.1, -0.05) is 32.4 Å². The Morgan fingerprint density at radius 2 is 2.08 bits per heavy atom. The van der Waals surface area contributed by atoms with Crippen LogP contribution in [0.2, 0.25) is 23.2 Å². The minimum absolute atomic E-state index is 0.0455. The number of nitrogens with zero attached hydrogens (tertiary/aromatic N) is 2. The summed E-state index contributed by atoms with van der Waals surface area (Å²) in [5.74, 6) is 0.0455. The largest absolute Gasteiger partial charge is 0.410 e. The number of carbonyl (C=O) groups excluding carboxylic acids is 1. The van der Waals surface area contributed by atoms with Gasteiger partial charge in [-0.2, -0.15) is 0 Å². The van der Waals surface area contributed by atoms with Gasteiger partial charge in [0.1, 0.15) is 0 Å². The van der Waals surface area contributed by atoms with E-state index in [2.05, 4.69) is 38.8 Å². The quantitative estimate of drug-likeness (QED) is 0.716. The number of halogens is 1. The molecule has 0 atom stereocenters. The summed E-state index contributed by atoms with van der Waals surface area (Å²) >= 11 is 7.58. The molecule has 3 heterocycles. The fourth-order valence-electron chi connectivity index (χ4n) is 2.44. The van der Waals surface area contributed by atoms with Crippen LogP contribution >= 0.6 is 22.9 Å². The summed E-state index contributed by atoms with van der Waals surface area (Å²) in [4.78, 5) is 19.4. The highest BCUT2D eigenvalue weighted by molar-refractivity contribution is 7.21. The van der Waals surface area contributed by atoms with Crippen molar-refractivity contribution in [2.45, 2.75) is 45.0 Å². The molecule has 0 bridgehead atoms. The lowest BCUT2D eigenvalue weighted by atomic mass is 10.1. The Balaban J connectivity index is 1.65. The fourth-order valence-corrected chi connectivity index (χ4v) is 5.03. The third-order valence-electron chi connectivity index (χ3n) is 4.98. The molecule has 130 valence electrons. The van der Waals surface area contributed by atoms with E-state index in [4.69, 9.17) is 16.0 Å². The first-order valence-corrected chi connectivity index (χ1v) is 12.2. The number of aromatic nitrogens is 1. The number of likely N-dealkylation sites (tertiary alicyclic amines) is 1. The molecule has 1 amide bonds. The van der Waals surface area contributed by atoms with Gasteiger partial charge in [-0.05, 0) is 30.3 Å². The van der Waals surface area contributed by atoms with E-state index in [0.717, 1.165) is 10.2 Å². The molecule has 24 heavy (non-hydrogen) atoms. The normalized spacial score (nSPS) is 16.5. The van der Waals surface area contributed by atoms with Gasteiger partial charge in [0.25, 0.3) is 5.91 Å². The van der Waals surface area contributed by atoms with Crippen LogP contribution in [0.1, 0.15) is 30.4 Å². The predicted molar refractivity (Wildman–Crippen MR) is 103 cm³/mol. The Kier molecular flexibility index (Phi) is 4.53. The van der Waals surface area contributed by atoms with Crippen LogP contribution in [0.3, 0.4) is 0 Å². The summed E-state index contributed by atoms with van der Waals surface area (Å²) in [6.45, 7) is 12.5. The third-order valence-corrected chi connectivity index (χ3v) is 11.1. The van der Waals surface area contributed by atoms with Gasteiger partial charge in [-0.3, -0.25) is 9.78 Å². The number of amides is 1. The van der Waals surface area contributed by atoms with Crippen LogP contribution in [0.5, 0.6) is 0 Å². The number of rotatable bonds is 3. The highest BCUT2D eigenvalue weighted by atomic mass is 35.5. The second kappa shape index (κ2) is 6.09. The number of fused-ring (bicyclic) bond motifs is 1. The zero-order valence-electron chi connectivity index (χ0n) is 14.7. The third kappa shape index (κ3) is 3.25. The molecule has 0 saturated carbocycles. The molecule has 1 fully saturated rings. The SMILES string of the molecule is CC(C)(C)[Si](C)(C)OC1CN(C(=O)c2cc3nccc(Cl)c3s2)C1. The molecular weight excluding hydrogens is 360 g/mol. The van der Waals surface area contributed by atoms with Crippen LogP contribution < -0.4 is 0 Å². The number of pyridine rings is 1. The summed E-state index contributed by atoms with van der Waals surface area (Å²) < 4.78 is 7.22. The standard InChI is InChI=1S/C17H23ClN2O2SSi/c1-17(2,3)24(4,5)22-11-9-20(10-11)16(21)14-8-13-15(23-14)12(18)6-7-19-13/h6-8,11H,9-10H2,1-5H3. The van der Waals surface area contributed by atoms with Crippen LogP contribution in [0.15, 0.2) is 18.3 Å². The number of carbonyl (C=O) groups is 1. The minimum atomic E-state index is -1.78. The van der Waals surface area contributed by atoms with Crippen molar-refractivity contribution in [1.82, 2.24) is 9.88 Å². The number of thiophene rings is 1. The highest BCUT2D eigenvalue weighted by Gasteiger charge is 2.43. The van der Waals surface area contributed by atoms with Gasteiger partial charge < -0.3 is 9.33 Å². The van der Waals surface area contributed by atoms with Crippen molar-refractivity contribution in [2.24, 2.45) is 0 Å². The molecule has 3 rings (SSSR count). The van der Waals surface area contributed by atoms with Gasteiger partial charge >= 0.3 is 0 Å². The van der Waals surface area contributed by atoms with Gasteiger partial charge in [0, 0.05) is 19.3 Å². The molecule has 1 aliphatic heterocycles. The smallest absolute Gasteiger partial charge is 0.264 e. The van der Waals surface area contributed by atoms with E-state index < -0.39 is 8.32 Å². The molecule has 7 heteroatoms. The number of hydrogen-bond donors (Lipinski definition) is 0. The zero-order chi connectivity index (χ0) is 17.7. The highest BCUT2D eigenvalue weighted by Crippen LogP contribution is 2.38. The first-order chi connectivity index (χ1) is 11.1. The Morgan fingerprint density at radius 3 is 2.67 bits per heavy atom. The average Bonchev–Trinajstić information content (AvgIpc) is 2.86. The van der Waals surface area contributed by atoms with Crippen LogP contribution in [-0.2, 0) is 4.43 Å². The lowest BCUT2D eigenvalue weighted by Crippen LogP contribution is -2.59.